The molecule has 6 nitrogen and oxygen atoms in total. The highest BCUT2D eigenvalue weighted by Gasteiger charge is 2.18. The lowest BCUT2D eigenvalue weighted by molar-refractivity contribution is -0.885. The fourth-order valence-corrected chi connectivity index (χ4v) is 3.41. The zero-order valence-electron chi connectivity index (χ0n) is 16.3. The molecule has 142 valence electrons. The number of nitrogens with one attached hydrogen (secondary N) is 2. The van der Waals surface area contributed by atoms with Gasteiger partial charge in [0.2, 0.25) is 0 Å². The molecule has 1 amide bonds. The van der Waals surface area contributed by atoms with E-state index in [1.54, 1.807) is 25.6 Å². The summed E-state index contributed by atoms with van der Waals surface area (Å²) in [6.45, 7) is 7.06. The molecule has 0 aliphatic carbocycles. The minimum Gasteiger partial charge on any atom is -0.493 e. The second-order valence-corrected chi connectivity index (χ2v) is 8.18. The quantitative estimate of drug-likeness (QED) is 0.771. The monoisotopic (exact) mass is 378 g/mol. The van der Waals surface area contributed by atoms with Gasteiger partial charge in [-0.1, -0.05) is 0 Å². The number of nitrogens with zero attached hydrogens (tertiary/aromatic N) is 1. The summed E-state index contributed by atoms with van der Waals surface area (Å²) in [4.78, 5) is 17.8. The maximum atomic E-state index is 12.0. The van der Waals surface area contributed by atoms with E-state index in [2.05, 4.69) is 5.32 Å². The highest BCUT2D eigenvalue weighted by atomic mass is 32.1. The largest absolute Gasteiger partial charge is 0.493 e. The standard InChI is InChI=1S/C19H27N3O3S/c1-19(2,3)21-17(23)11-22(4)10-14-12-26-18(20-14)13-7-8-15(24-5)16(9-13)25-6/h7-9,12H,10-11H2,1-6H3,(H,21,23)/p+1. The number of aromatic nitrogens is 1. The van der Waals surface area contributed by atoms with E-state index >= 15 is 0 Å². The van der Waals surface area contributed by atoms with E-state index in [0.717, 1.165) is 21.2 Å². The van der Waals surface area contributed by atoms with E-state index in [1.807, 2.05) is 51.4 Å². The number of hydrogen-bond donors (Lipinski definition) is 2. The van der Waals surface area contributed by atoms with Crippen LogP contribution in [0, 0.1) is 0 Å². The molecule has 0 aliphatic rings. The van der Waals surface area contributed by atoms with Gasteiger partial charge in [-0.05, 0) is 39.0 Å². The fourth-order valence-electron chi connectivity index (χ4n) is 2.60. The predicted molar refractivity (Wildman–Crippen MR) is 104 cm³/mol. The first-order valence-corrected chi connectivity index (χ1v) is 9.39. The van der Waals surface area contributed by atoms with E-state index in [1.165, 1.54) is 0 Å². The van der Waals surface area contributed by atoms with Crippen molar-refractivity contribution in [2.24, 2.45) is 0 Å². The van der Waals surface area contributed by atoms with Gasteiger partial charge in [0.15, 0.2) is 18.0 Å². The normalized spacial score (nSPS) is 12.5. The molecule has 1 heterocycles. The Hall–Kier alpha value is -2.12. The van der Waals surface area contributed by atoms with Crippen LogP contribution in [-0.4, -0.2) is 44.2 Å². The number of thiazole rings is 1. The summed E-state index contributed by atoms with van der Waals surface area (Å²) >= 11 is 1.58. The van der Waals surface area contributed by atoms with Crippen LogP contribution in [0.5, 0.6) is 11.5 Å². The van der Waals surface area contributed by atoms with Gasteiger partial charge in [-0.15, -0.1) is 11.3 Å². The molecule has 26 heavy (non-hydrogen) atoms. The van der Waals surface area contributed by atoms with Crippen molar-refractivity contribution in [1.29, 1.82) is 0 Å². The summed E-state index contributed by atoms with van der Waals surface area (Å²) in [6, 6.07) is 5.77. The lowest BCUT2D eigenvalue weighted by atomic mass is 10.1. The maximum Gasteiger partial charge on any atom is 0.275 e. The Labute approximate surface area is 159 Å². The molecule has 7 heteroatoms. The smallest absolute Gasteiger partial charge is 0.275 e. The fraction of sp³-hybridized carbons (Fsp3) is 0.474. The van der Waals surface area contributed by atoms with Gasteiger partial charge in [0.25, 0.3) is 5.91 Å². The average molecular weight is 379 g/mol. The first-order valence-electron chi connectivity index (χ1n) is 8.51. The van der Waals surface area contributed by atoms with Crippen molar-refractivity contribution in [3.8, 4) is 22.1 Å². The van der Waals surface area contributed by atoms with Gasteiger partial charge in [0.05, 0.1) is 21.3 Å². The molecule has 0 spiro atoms. The Balaban J connectivity index is 2.02. The van der Waals surface area contributed by atoms with Crippen LogP contribution >= 0.6 is 11.3 Å². The van der Waals surface area contributed by atoms with Crippen LogP contribution in [0.25, 0.3) is 10.6 Å². The summed E-state index contributed by atoms with van der Waals surface area (Å²) in [5, 5.41) is 5.95. The molecule has 0 aliphatic heterocycles. The number of quaternary nitrogens is 1. The van der Waals surface area contributed by atoms with Crippen LogP contribution in [0.2, 0.25) is 0 Å². The third-order valence-corrected chi connectivity index (χ3v) is 4.58. The summed E-state index contributed by atoms with van der Waals surface area (Å²) in [7, 11) is 5.24. The van der Waals surface area contributed by atoms with Crippen molar-refractivity contribution >= 4 is 17.2 Å². The molecule has 1 aromatic heterocycles. The van der Waals surface area contributed by atoms with Crippen LogP contribution in [-0.2, 0) is 11.3 Å². The molecule has 0 saturated heterocycles. The number of carbonyl (C=O) groups excluding carboxylic acids is 1. The molecule has 0 saturated carbocycles. The highest BCUT2D eigenvalue weighted by Crippen LogP contribution is 2.33. The SMILES string of the molecule is COc1ccc(-c2nc(C[NH+](C)CC(=O)NC(C)(C)C)cs2)cc1OC. The van der Waals surface area contributed by atoms with Crippen molar-refractivity contribution in [2.75, 3.05) is 27.8 Å². The summed E-state index contributed by atoms with van der Waals surface area (Å²) < 4.78 is 10.6. The van der Waals surface area contributed by atoms with Crippen LogP contribution in [0.4, 0.5) is 0 Å². The number of methoxy groups -OCH3 is 2. The molecule has 2 rings (SSSR count). The second kappa shape index (κ2) is 8.51. The van der Waals surface area contributed by atoms with Crippen LogP contribution in [0.15, 0.2) is 23.6 Å². The van der Waals surface area contributed by atoms with Gasteiger partial charge in [-0.3, -0.25) is 4.79 Å². The summed E-state index contributed by atoms with van der Waals surface area (Å²) in [6.07, 6.45) is 0. The Bertz CT molecular complexity index is 753. The lowest BCUT2D eigenvalue weighted by Crippen LogP contribution is -3.09. The number of benzene rings is 1. The number of carbonyl (C=O) groups is 1. The molecule has 2 N–H and O–H groups in total. The van der Waals surface area contributed by atoms with Crippen molar-refractivity contribution < 1.29 is 19.2 Å². The van der Waals surface area contributed by atoms with Crippen LogP contribution < -0.4 is 19.7 Å². The second-order valence-electron chi connectivity index (χ2n) is 7.32. The molecule has 0 fully saturated rings. The molecule has 2 aromatic rings. The van der Waals surface area contributed by atoms with Crippen molar-refractivity contribution in [3.05, 3.63) is 29.3 Å². The van der Waals surface area contributed by atoms with E-state index in [4.69, 9.17) is 14.5 Å². The van der Waals surface area contributed by atoms with Gasteiger partial charge < -0.3 is 19.7 Å². The van der Waals surface area contributed by atoms with Gasteiger partial charge >= 0.3 is 0 Å². The molecule has 0 radical (unpaired) electrons. The third kappa shape index (κ3) is 5.71. The average Bonchev–Trinajstić information content (AvgIpc) is 3.00. The van der Waals surface area contributed by atoms with Crippen LogP contribution in [0.3, 0.4) is 0 Å². The van der Waals surface area contributed by atoms with Crippen LogP contribution in [0.1, 0.15) is 26.5 Å². The molecule has 1 unspecified atom stereocenters. The van der Waals surface area contributed by atoms with Gasteiger partial charge in [0.1, 0.15) is 17.2 Å². The van der Waals surface area contributed by atoms with Crippen molar-refractivity contribution in [1.82, 2.24) is 10.3 Å². The Morgan fingerprint density at radius 3 is 2.54 bits per heavy atom. The zero-order chi connectivity index (χ0) is 19.3. The number of rotatable bonds is 7. The third-order valence-electron chi connectivity index (χ3n) is 3.64. The summed E-state index contributed by atoms with van der Waals surface area (Å²) in [5.74, 6) is 1.43. The predicted octanol–water partition coefficient (Wildman–Crippen LogP) is 1.76. The minimum absolute atomic E-state index is 0.0466. The molecule has 0 bridgehead atoms. The summed E-state index contributed by atoms with van der Waals surface area (Å²) in [5.41, 5.74) is 1.75. The van der Waals surface area contributed by atoms with E-state index in [0.29, 0.717) is 24.6 Å². The molecular weight excluding hydrogens is 350 g/mol. The number of hydrogen-bond acceptors (Lipinski definition) is 5. The van der Waals surface area contributed by atoms with E-state index in [9.17, 15) is 4.79 Å². The van der Waals surface area contributed by atoms with Gasteiger partial charge in [-0.25, -0.2) is 4.98 Å². The molecular formula is C19H28N3O3S+. The van der Waals surface area contributed by atoms with E-state index in [-0.39, 0.29) is 11.4 Å². The van der Waals surface area contributed by atoms with Crippen molar-refractivity contribution in [2.45, 2.75) is 32.9 Å². The number of likely N-dealkylation sites (N-methyl/N-ethyl adjacent to an activating group) is 1. The highest BCUT2D eigenvalue weighted by molar-refractivity contribution is 7.13. The maximum absolute atomic E-state index is 12.0. The number of amides is 1. The zero-order valence-corrected chi connectivity index (χ0v) is 17.1. The van der Waals surface area contributed by atoms with Gasteiger partial charge in [0, 0.05) is 16.5 Å². The Morgan fingerprint density at radius 2 is 1.92 bits per heavy atom. The number of ether oxygens (including phenoxy) is 2. The Morgan fingerprint density at radius 1 is 1.23 bits per heavy atom. The Kier molecular flexibility index (Phi) is 6.61. The van der Waals surface area contributed by atoms with Crippen molar-refractivity contribution in [3.63, 3.8) is 0 Å². The molecule has 1 aromatic carbocycles. The van der Waals surface area contributed by atoms with E-state index < -0.39 is 0 Å². The van der Waals surface area contributed by atoms with Gasteiger partial charge in [-0.2, -0.15) is 0 Å². The topological polar surface area (TPSA) is 64.9 Å². The minimum atomic E-state index is -0.210. The lowest BCUT2D eigenvalue weighted by Gasteiger charge is -2.21. The molecule has 1 atom stereocenters. The first-order chi connectivity index (χ1) is 12.2. The first kappa shape index (κ1) is 20.2.